The Labute approximate surface area is 104 Å². The zero-order chi connectivity index (χ0) is 12.1. The predicted octanol–water partition coefficient (Wildman–Crippen LogP) is 3.15. The number of nitrogens with one attached hydrogen (secondary N) is 1. The second-order valence-corrected chi connectivity index (χ2v) is 4.86. The molecule has 2 rings (SSSR count). The van der Waals surface area contributed by atoms with Gasteiger partial charge in [0.1, 0.15) is 5.76 Å². The smallest absolute Gasteiger partial charge is 0.220 e. The van der Waals surface area contributed by atoms with E-state index in [9.17, 15) is 4.79 Å². The van der Waals surface area contributed by atoms with Crippen LogP contribution in [0.2, 0.25) is 0 Å². The standard InChI is InChI=1S/C13H15NO2S/c1-10(12-5-3-9-17-12)14-13(15)7-6-11-4-2-8-16-11/h2-5,8-10H,6-7H2,1H3,(H,14,15)/t10-/m0/s1. The average molecular weight is 249 g/mol. The van der Waals surface area contributed by atoms with Gasteiger partial charge in [0.2, 0.25) is 5.91 Å². The van der Waals surface area contributed by atoms with E-state index in [2.05, 4.69) is 5.32 Å². The van der Waals surface area contributed by atoms with E-state index in [0.717, 1.165) is 5.76 Å². The Hall–Kier alpha value is -1.55. The number of thiophene rings is 1. The van der Waals surface area contributed by atoms with Crippen molar-refractivity contribution in [2.24, 2.45) is 0 Å². The number of aryl methyl sites for hydroxylation is 1. The molecule has 1 amide bonds. The quantitative estimate of drug-likeness (QED) is 0.884. The molecular weight excluding hydrogens is 234 g/mol. The Morgan fingerprint density at radius 1 is 1.47 bits per heavy atom. The van der Waals surface area contributed by atoms with E-state index in [1.54, 1.807) is 17.6 Å². The zero-order valence-corrected chi connectivity index (χ0v) is 10.5. The molecule has 0 fully saturated rings. The monoisotopic (exact) mass is 249 g/mol. The highest BCUT2D eigenvalue weighted by molar-refractivity contribution is 7.10. The first-order valence-corrected chi connectivity index (χ1v) is 6.49. The average Bonchev–Trinajstić information content (AvgIpc) is 2.99. The Kier molecular flexibility index (Phi) is 3.98. The van der Waals surface area contributed by atoms with Crippen LogP contribution in [-0.2, 0) is 11.2 Å². The van der Waals surface area contributed by atoms with Gasteiger partial charge in [-0.05, 0) is 30.5 Å². The van der Waals surface area contributed by atoms with Gasteiger partial charge in [-0.3, -0.25) is 4.79 Å². The first-order chi connectivity index (χ1) is 8.25. The lowest BCUT2D eigenvalue weighted by Crippen LogP contribution is -2.26. The number of hydrogen-bond acceptors (Lipinski definition) is 3. The minimum atomic E-state index is 0.0577. The summed E-state index contributed by atoms with van der Waals surface area (Å²) in [7, 11) is 0. The summed E-state index contributed by atoms with van der Waals surface area (Å²) in [5.41, 5.74) is 0. The highest BCUT2D eigenvalue weighted by atomic mass is 32.1. The largest absolute Gasteiger partial charge is 0.469 e. The lowest BCUT2D eigenvalue weighted by Gasteiger charge is -2.11. The molecule has 0 saturated carbocycles. The van der Waals surface area contributed by atoms with Crippen LogP contribution in [0.4, 0.5) is 0 Å². The Bertz CT molecular complexity index is 448. The van der Waals surface area contributed by atoms with Gasteiger partial charge in [0.25, 0.3) is 0 Å². The molecule has 0 aliphatic carbocycles. The number of hydrogen-bond donors (Lipinski definition) is 1. The van der Waals surface area contributed by atoms with Gasteiger partial charge in [-0.1, -0.05) is 6.07 Å². The molecule has 90 valence electrons. The highest BCUT2D eigenvalue weighted by Crippen LogP contribution is 2.18. The molecule has 0 aromatic carbocycles. The van der Waals surface area contributed by atoms with E-state index in [4.69, 9.17) is 4.42 Å². The van der Waals surface area contributed by atoms with Crippen molar-refractivity contribution in [2.45, 2.75) is 25.8 Å². The molecule has 1 N–H and O–H groups in total. The number of rotatable bonds is 5. The fraction of sp³-hybridized carbons (Fsp3) is 0.308. The summed E-state index contributed by atoms with van der Waals surface area (Å²) in [5.74, 6) is 0.909. The van der Waals surface area contributed by atoms with Gasteiger partial charge in [-0.25, -0.2) is 0 Å². The molecule has 3 nitrogen and oxygen atoms in total. The normalized spacial score (nSPS) is 12.3. The molecule has 0 aliphatic rings. The number of amides is 1. The first-order valence-electron chi connectivity index (χ1n) is 5.61. The van der Waals surface area contributed by atoms with Gasteiger partial charge >= 0.3 is 0 Å². The molecular formula is C13H15NO2S. The van der Waals surface area contributed by atoms with Crippen molar-refractivity contribution in [1.29, 1.82) is 0 Å². The van der Waals surface area contributed by atoms with Crippen LogP contribution in [0.5, 0.6) is 0 Å². The maximum Gasteiger partial charge on any atom is 0.220 e. The van der Waals surface area contributed by atoms with E-state index >= 15 is 0 Å². The minimum Gasteiger partial charge on any atom is -0.469 e. The molecule has 0 bridgehead atoms. The second kappa shape index (κ2) is 5.68. The van der Waals surface area contributed by atoms with Crippen molar-refractivity contribution in [1.82, 2.24) is 5.32 Å². The van der Waals surface area contributed by atoms with E-state index in [-0.39, 0.29) is 11.9 Å². The maximum absolute atomic E-state index is 11.7. The Morgan fingerprint density at radius 2 is 2.35 bits per heavy atom. The van der Waals surface area contributed by atoms with E-state index in [1.165, 1.54) is 4.88 Å². The van der Waals surface area contributed by atoms with Crippen LogP contribution in [0, 0.1) is 0 Å². The Balaban J connectivity index is 1.77. The van der Waals surface area contributed by atoms with E-state index in [1.807, 2.05) is 36.6 Å². The molecule has 2 aromatic rings. The number of furan rings is 1. The van der Waals surface area contributed by atoms with Crippen molar-refractivity contribution < 1.29 is 9.21 Å². The van der Waals surface area contributed by atoms with Gasteiger partial charge in [0, 0.05) is 17.7 Å². The highest BCUT2D eigenvalue weighted by Gasteiger charge is 2.10. The van der Waals surface area contributed by atoms with Crippen LogP contribution in [-0.4, -0.2) is 5.91 Å². The Morgan fingerprint density at radius 3 is 3.00 bits per heavy atom. The van der Waals surface area contributed by atoms with Crippen molar-refractivity contribution >= 4 is 17.2 Å². The van der Waals surface area contributed by atoms with Crippen molar-refractivity contribution in [2.75, 3.05) is 0 Å². The molecule has 2 aromatic heterocycles. The van der Waals surface area contributed by atoms with Gasteiger partial charge < -0.3 is 9.73 Å². The lowest BCUT2D eigenvalue weighted by molar-refractivity contribution is -0.121. The number of carbonyl (C=O) groups is 1. The van der Waals surface area contributed by atoms with Gasteiger partial charge in [0.05, 0.1) is 12.3 Å². The maximum atomic E-state index is 11.7. The van der Waals surface area contributed by atoms with Crippen molar-refractivity contribution in [3.63, 3.8) is 0 Å². The zero-order valence-electron chi connectivity index (χ0n) is 9.68. The topological polar surface area (TPSA) is 42.2 Å². The van der Waals surface area contributed by atoms with Crippen LogP contribution in [0.1, 0.15) is 30.0 Å². The van der Waals surface area contributed by atoms with Gasteiger partial charge in [0.15, 0.2) is 0 Å². The second-order valence-electron chi connectivity index (χ2n) is 3.88. The first kappa shape index (κ1) is 11.9. The molecule has 0 spiro atoms. The summed E-state index contributed by atoms with van der Waals surface area (Å²) in [4.78, 5) is 12.9. The molecule has 0 radical (unpaired) electrons. The molecule has 2 heterocycles. The SMILES string of the molecule is C[C@H](NC(=O)CCc1ccco1)c1cccs1. The van der Waals surface area contributed by atoms with Gasteiger partial charge in [-0.15, -0.1) is 11.3 Å². The van der Waals surface area contributed by atoms with Crippen LogP contribution < -0.4 is 5.32 Å². The molecule has 4 heteroatoms. The third-order valence-electron chi connectivity index (χ3n) is 2.53. The fourth-order valence-corrected chi connectivity index (χ4v) is 2.35. The van der Waals surface area contributed by atoms with Crippen molar-refractivity contribution in [3.05, 3.63) is 46.5 Å². The third-order valence-corrected chi connectivity index (χ3v) is 3.58. The summed E-state index contributed by atoms with van der Waals surface area (Å²) in [6, 6.07) is 7.82. The van der Waals surface area contributed by atoms with E-state index in [0.29, 0.717) is 12.8 Å². The van der Waals surface area contributed by atoms with E-state index < -0.39 is 0 Å². The fourth-order valence-electron chi connectivity index (χ4n) is 1.61. The third kappa shape index (κ3) is 3.46. The van der Waals surface area contributed by atoms with Gasteiger partial charge in [-0.2, -0.15) is 0 Å². The summed E-state index contributed by atoms with van der Waals surface area (Å²) >= 11 is 1.66. The predicted molar refractivity (Wildman–Crippen MR) is 67.9 cm³/mol. The molecule has 1 atom stereocenters. The number of carbonyl (C=O) groups excluding carboxylic acids is 1. The molecule has 0 unspecified atom stereocenters. The van der Waals surface area contributed by atoms with Crippen LogP contribution in [0.3, 0.4) is 0 Å². The molecule has 0 saturated heterocycles. The minimum absolute atomic E-state index is 0.0577. The summed E-state index contributed by atoms with van der Waals surface area (Å²) in [5, 5.41) is 4.99. The van der Waals surface area contributed by atoms with Crippen LogP contribution in [0.15, 0.2) is 40.3 Å². The summed E-state index contributed by atoms with van der Waals surface area (Å²) in [6.45, 7) is 2.00. The lowest BCUT2D eigenvalue weighted by atomic mass is 10.2. The van der Waals surface area contributed by atoms with Crippen molar-refractivity contribution in [3.8, 4) is 0 Å². The molecule has 0 aliphatic heterocycles. The summed E-state index contributed by atoms with van der Waals surface area (Å²) in [6.07, 6.45) is 2.74. The molecule has 17 heavy (non-hydrogen) atoms. The van der Waals surface area contributed by atoms with Crippen LogP contribution in [0.25, 0.3) is 0 Å². The van der Waals surface area contributed by atoms with Crippen LogP contribution >= 0.6 is 11.3 Å². The summed E-state index contributed by atoms with van der Waals surface area (Å²) < 4.78 is 5.18.